The zero-order chi connectivity index (χ0) is 15.5. The molecule has 2 amide bonds. The van der Waals surface area contributed by atoms with Crippen molar-refractivity contribution in [1.29, 1.82) is 0 Å². The lowest BCUT2D eigenvalue weighted by atomic mass is 9.92. The molecule has 0 bridgehead atoms. The average Bonchev–Trinajstić information content (AvgIpc) is 3.01. The highest BCUT2D eigenvalue weighted by molar-refractivity contribution is 5.87. The van der Waals surface area contributed by atoms with Gasteiger partial charge in [0.25, 0.3) is 0 Å². The summed E-state index contributed by atoms with van der Waals surface area (Å²) in [5.74, 6) is -1.10. The molecule has 6 heteroatoms. The predicted molar refractivity (Wildman–Crippen MR) is 76.9 cm³/mol. The number of nitrogens with one attached hydrogen (secondary N) is 1. The second-order valence-electron chi connectivity index (χ2n) is 5.35. The lowest BCUT2D eigenvalue weighted by Crippen LogP contribution is -2.55. The third kappa shape index (κ3) is 3.16. The van der Waals surface area contributed by atoms with Gasteiger partial charge in [0.2, 0.25) is 0 Å². The number of amides is 2. The van der Waals surface area contributed by atoms with Gasteiger partial charge in [0.05, 0.1) is 12.6 Å². The molecule has 0 aliphatic carbocycles. The molecule has 0 radical (unpaired) electrons. The molecule has 2 unspecified atom stereocenters. The van der Waals surface area contributed by atoms with Crippen LogP contribution in [0.1, 0.15) is 18.9 Å². The van der Waals surface area contributed by atoms with Gasteiger partial charge in [-0.25, -0.2) is 9.59 Å². The summed E-state index contributed by atoms with van der Waals surface area (Å²) in [6.45, 7) is 2.60. The Balaban J connectivity index is 2.16. The molecule has 1 aromatic carbocycles. The molecule has 114 valence electrons. The molecule has 0 saturated carbocycles. The number of urea groups is 1. The molecule has 1 heterocycles. The van der Waals surface area contributed by atoms with E-state index in [-0.39, 0.29) is 6.04 Å². The van der Waals surface area contributed by atoms with Crippen LogP contribution in [0.5, 0.6) is 0 Å². The number of ether oxygens (including phenoxy) is 1. The zero-order valence-electron chi connectivity index (χ0n) is 12.2. The lowest BCUT2D eigenvalue weighted by molar-refractivity contribution is -0.144. The number of hydrogen-bond acceptors (Lipinski definition) is 3. The summed E-state index contributed by atoms with van der Waals surface area (Å²) in [6.07, 6.45) is 0.763. The second-order valence-corrected chi connectivity index (χ2v) is 5.35. The van der Waals surface area contributed by atoms with Crippen LogP contribution in [-0.4, -0.2) is 48.3 Å². The van der Waals surface area contributed by atoms with Crippen molar-refractivity contribution in [2.45, 2.75) is 24.9 Å². The fourth-order valence-corrected chi connectivity index (χ4v) is 2.32. The normalized spacial score (nSPS) is 20.6. The number of nitrogens with zero attached hydrogens (tertiary/aromatic N) is 1. The van der Waals surface area contributed by atoms with Crippen LogP contribution < -0.4 is 5.32 Å². The minimum absolute atomic E-state index is 0.0150. The number of benzene rings is 1. The number of likely N-dealkylation sites (N-methyl/N-ethyl adjacent to an activating group) is 1. The molecular weight excluding hydrogens is 272 g/mol. The Morgan fingerprint density at radius 2 is 2.05 bits per heavy atom. The first-order chi connectivity index (χ1) is 9.95. The summed E-state index contributed by atoms with van der Waals surface area (Å²) >= 11 is 0. The molecule has 1 fully saturated rings. The Kier molecular flexibility index (Phi) is 4.47. The van der Waals surface area contributed by atoms with E-state index in [0.29, 0.717) is 18.8 Å². The van der Waals surface area contributed by atoms with Gasteiger partial charge in [-0.15, -0.1) is 0 Å². The molecule has 1 aromatic rings. The van der Waals surface area contributed by atoms with Gasteiger partial charge in [0.1, 0.15) is 0 Å². The third-order valence-corrected chi connectivity index (χ3v) is 3.91. The van der Waals surface area contributed by atoms with Crippen molar-refractivity contribution >= 4 is 12.0 Å². The highest BCUT2D eigenvalue weighted by Crippen LogP contribution is 2.22. The van der Waals surface area contributed by atoms with E-state index in [0.717, 1.165) is 6.42 Å². The van der Waals surface area contributed by atoms with Crippen molar-refractivity contribution in [3.8, 4) is 0 Å². The highest BCUT2D eigenvalue weighted by atomic mass is 16.5. The SMILES string of the molecule is CN(C(=O)NC(C)(C(=O)O)c1ccccc1)C1CCOC1. The molecular formula is C15H20N2O4. The Bertz CT molecular complexity index is 514. The summed E-state index contributed by atoms with van der Waals surface area (Å²) in [5, 5.41) is 12.1. The predicted octanol–water partition coefficient (Wildman–Crippen LogP) is 1.42. The Hall–Kier alpha value is -2.08. The van der Waals surface area contributed by atoms with Gasteiger partial charge in [0.15, 0.2) is 5.54 Å². The van der Waals surface area contributed by atoms with E-state index in [9.17, 15) is 14.7 Å². The van der Waals surface area contributed by atoms with Crippen molar-refractivity contribution in [2.24, 2.45) is 0 Å². The monoisotopic (exact) mass is 292 g/mol. The molecule has 2 N–H and O–H groups in total. The maximum Gasteiger partial charge on any atom is 0.333 e. The molecule has 6 nitrogen and oxygen atoms in total. The summed E-state index contributed by atoms with van der Waals surface area (Å²) in [5.41, 5.74) is -0.937. The smallest absolute Gasteiger partial charge is 0.333 e. The van der Waals surface area contributed by atoms with E-state index in [1.54, 1.807) is 37.4 Å². The second kappa shape index (κ2) is 6.13. The van der Waals surface area contributed by atoms with E-state index >= 15 is 0 Å². The molecule has 2 atom stereocenters. The molecule has 1 aliphatic heterocycles. The Labute approximate surface area is 123 Å². The summed E-state index contributed by atoms with van der Waals surface area (Å²) < 4.78 is 5.25. The minimum atomic E-state index is -1.47. The number of aliphatic carboxylic acids is 1. The van der Waals surface area contributed by atoms with E-state index in [1.165, 1.54) is 11.8 Å². The number of carbonyl (C=O) groups is 2. The first-order valence-electron chi connectivity index (χ1n) is 6.87. The summed E-state index contributed by atoms with van der Waals surface area (Å²) in [6, 6.07) is 8.24. The number of carboxylic acid groups (broad SMARTS) is 1. The van der Waals surface area contributed by atoms with Gasteiger partial charge >= 0.3 is 12.0 Å². The Morgan fingerprint density at radius 1 is 1.38 bits per heavy atom. The standard InChI is InChI=1S/C15H20N2O4/c1-15(13(18)19,11-6-4-3-5-7-11)16-14(20)17(2)12-8-9-21-10-12/h3-7,12H,8-10H2,1-2H3,(H,16,20)(H,18,19). The quantitative estimate of drug-likeness (QED) is 0.879. The van der Waals surface area contributed by atoms with Gasteiger partial charge in [-0.05, 0) is 18.9 Å². The highest BCUT2D eigenvalue weighted by Gasteiger charge is 2.38. The maximum atomic E-state index is 12.3. The molecule has 21 heavy (non-hydrogen) atoms. The minimum Gasteiger partial charge on any atom is -0.479 e. The van der Waals surface area contributed by atoms with Crippen LogP contribution in [0.4, 0.5) is 4.79 Å². The average molecular weight is 292 g/mol. The molecule has 2 rings (SSSR count). The number of carboxylic acids is 1. The number of rotatable bonds is 4. The van der Waals surface area contributed by atoms with Crippen LogP contribution in [0, 0.1) is 0 Å². The van der Waals surface area contributed by atoms with E-state index in [4.69, 9.17) is 4.74 Å². The zero-order valence-corrected chi connectivity index (χ0v) is 12.2. The van der Waals surface area contributed by atoms with Crippen molar-refractivity contribution < 1.29 is 19.4 Å². The van der Waals surface area contributed by atoms with Crippen LogP contribution in [0.2, 0.25) is 0 Å². The van der Waals surface area contributed by atoms with Gasteiger partial charge in [0, 0.05) is 13.7 Å². The topological polar surface area (TPSA) is 78.9 Å². The third-order valence-electron chi connectivity index (χ3n) is 3.91. The van der Waals surface area contributed by atoms with Crippen LogP contribution >= 0.6 is 0 Å². The van der Waals surface area contributed by atoms with Crippen molar-refractivity contribution in [2.75, 3.05) is 20.3 Å². The van der Waals surface area contributed by atoms with Gasteiger partial charge in [-0.1, -0.05) is 30.3 Å². The fourth-order valence-electron chi connectivity index (χ4n) is 2.32. The van der Waals surface area contributed by atoms with Crippen LogP contribution in [-0.2, 0) is 15.1 Å². The number of carbonyl (C=O) groups excluding carboxylic acids is 1. The van der Waals surface area contributed by atoms with Crippen LogP contribution in [0.3, 0.4) is 0 Å². The maximum absolute atomic E-state index is 12.3. The number of hydrogen-bond donors (Lipinski definition) is 2. The first-order valence-corrected chi connectivity index (χ1v) is 6.87. The van der Waals surface area contributed by atoms with E-state index in [1.807, 2.05) is 0 Å². The first kappa shape index (κ1) is 15.3. The van der Waals surface area contributed by atoms with Crippen LogP contribution in [0.25, 0.3) is 0 Å². The van der Waals surface area contributed by atoms with Crippen molar-refractivity contribution in [3.63, 3.8) is 0 Å². The van der Waals surface area contributed by atoms with Crippen molar-refractivity contribution in [3.05, 3.63) is 35.9 Å². The lowest BCUT2D eigenvalue weighted by Gasteiger charge is -2.31. The molecule has 0 spiro atoms. The van der Waals surface area contributed by atoms with Crippen molar-refractivity contribution in [1.82, 2.24) is 10.2 Å². The molecule has 1 saturated heterocycles. The van der Waals surface area contributed by atoms with E-state index in [2.05, 4.69) is 5.32 Å². The van der Waals surface area contributed by atoms with Gasteiger partial charge in [-0.2, -0.15) is 0 Å². The Morgan fingerprint density at radius 3 is 2.57 bits per heavy atom. The summed E-state index contributed by atoms with van der Waals surface area (Å²) in [7, 11) is 1.65. The van der Waals surface area contributed by atoms with Gasteiger partial charge < -0.3 is 20.1 Å². The largest absolute Gasteiger partial charge is 0.479 e. The fraction of sp³-hybridized carbons (Fsp3) is 0.467. The molecule has 1 aliphatic rings. The van der Waals surface area contributed by atoms with Crippen LogP contribution in [0.15, 0.2) is 30.3 Å². The molecule has 0 aromatic heterocycles. The van der Waals surface area contributed by atoms with E-state index < -0.39 is 17.5 Å². The van der Waals surface area contributed by atoms with Gasteiger partial charge in [-0.3, -0.25) is 0 Å². The summed E-state index contributed by atoms with van der Waals surface area (Å²) in [4.78, 5) is 25.5.